The van der Waals surface area contributed by atoms with Crippen LogP contribution in [-0.4, -0.2) is 38.7 Å². The number of aromatic nitrogens is 4. The van der Waals surface area contributed by atoms with E-state index in [1.54, 1.807) is 6.20 Å². The number of halogens is 1. The van der Waals surface area contributed by atoms with Gasteiger partial charge in [0.25, 0.3) is 0 Å². The van der Waals surface area contributed by atoms with Gasteiger partial charge >= 0.3 is 0 Å². The largest absolute Gasteiger partial charge is 0.368 e. The molecule has 0 aromatic carbocycles. The number of hydrogen-bond donors (Lipinski definition) is 2. The monoisotopic (exact) mass is 280 g/mol. The summed E-state index contributed by atoms with van der Waals surface area (Å²) in [4.78, 5) is 21.8. The Labute approximate surface area is 114 Å². The summed E-state index contributed by atoms with van der Waals surface area (Å²) in [7, 11) is 0. The van der Waals surface area contributed by atoms with Crippen molar-refractivity contribution in [3.63, 3.8) is 0 Å². The van der Waals surface area contributed by atoms with Crippen molar-refractivity contribution in [3.8, 4) is 0 Å². The average molecular weight is 281 g/mol. The molecule has 7 nitrogen and oxygen atoms in total. The molecular weight excluding hydrogens is 268 g/mol. The molecular formula is C11H13ClN6O. The van der Waals surface area contributed by atoms with Gasteiger partial charge in [-0.25, -0.2) is 0 Å². The minimum absolute atomic E-state index is 0.126. The Balaban J connectivity index is 2.11. The first-order chi connectivity index (χ1) is 9.16. The van der Waals surface area contributed by atoms with E-state index >= 15 is 0 Å². The lowest BCUT2D eigenvalue weighted by molar-refractivity contribution is -0.119. The summed E-state index contributed by atoms with van der Waals surface area (Å²) in [5.74, 6) is 0.276. The predicted molar refractivity (Wildman–Crippen MR) is 70.9 cm³/mol. The molecule has 1 fully saturated rings. The number of aromatic amines is 1. The smallest absolute Gasteiger partial charge is 0.240 e. The van der Waals surface area contributed by atoms with Gasteiger partial charge in [0.15, 0.2) is 5.65 Å². The molecule has 0 aliphatic carbocycles. The van der Waals surface area contributed by atoms with Crippen LogP contribution in [0.4, 0.5) is 5.82 Å². The zero-order chi connectivity index (χ0) is 13.4. The molecule has 0 bridgehead atoms. The topological polar surface area (TPSA) is 101 Å². The summed E-state index contributed by atoms with van der Waals surface area (Å²) in [5, 5.41) is 7.57. The van der Waals surface area contributed by atoms with Crippen LogP contribution in [0.1, 0.15) is 19.3 Å². The van der Waals surface area contributed by atoms with E-state index in [-0.39, 0.29) is 17.2 Å². The van der Waals surface area contributed by atoms with Crippen LogP contribution >= 0.6 is 11.6 Å². The fraction of sp³-hybridized carbons (Fsp3) is 0.455. The van der Waals surface area contributed by atoms with Crippen molar-refractivity contribution >= 4 is 34.4 Å². The van der Waals surface area contributed by atoms with Crippen molar-refractivity contribution in [1.82, 2.24) is 20.2 Å². The fourth-order valence-corrected chi connectivity index (χ4v) is 2.66. The molecule has 1 saturated heterocycles. The van der Waals surface area contributed by atoms with E-state index in [0.29, 0.717) is 11.5 Å². The molecule has 0 saturated carbocycles. The first kappa shape index (κ1) is 12.2. The summed E-state index contributed by atoms with van der Waals surface area (Å²) in [6, 6.07) is -0.349. The Kier molecular flexibility index (Phi) is 2.98. The Bertz CT molecular complexity index is 627. The number of rotatable bonds is 2. The van der Waals surface area contributed by atoms with Crippen molar-refractivity contribution in [2.24, 2.45) is 5.73 Å². The second-order valence-electron chi connectivity index (χ2n) is 4.56. The molecule has 3 N–H and O–H groups in total. The number of nitrogens with two attached hydrogens (primary N) is 1. The van der Waals surface area contributed by atoms with E-state index < -0.39 is 0 Å². The van der Waals surface area contributed by atoms with Gasteiger partial charge in [-0.15, -0.1) is 0 Å². The van der Waals surface area contributed by atoms with Gasteiger partial charge < -0.3 is 10.6 Å². The number of nitrogens with zero attached hydrogens (tertiary/aromatic N) is 4. The number of carbonyl (C=O) groups is 1. The van der Waals surface area contributed by atoms with Crippen LogP contribution in [0.25, 0.3) is 11.0 Å². The van der Waals surface area contributed by atoms with Crippen molar-refractivity contribution < 1.29 is 4.79 Å². The maximum Gasteiger partial charge on any atom is 0.240 e. The molecule has 0 spiro atoms. The fourth-order valence-electron chi connectivity index (χ4n) is 2.49. The second kappa shape index (κ2) is 4.65. The molecule has 2 aromatic heterocycles. The number of nitrogens with one attached hydrogen (secondary N) is 1. The molecule has 1 aliphatic rings. The maximum absolute atomic E-state index is 11.6. The SMILES string of the molecule is NC(=O)C1CCCCN1c1nc(Cl)nc2[nH]ncc12. The summed E-state index contributed by atoms with van der Waals surface area (Å²) in [5.41, 5.74) is 6.03. The van der Waals surface area contributed by atoms with Crippen LogP contribution in [-0.2, 0) is 4.79 Å². The first-order valence-corrected chi connectivity index (χ1v) is 6.47. The maximum atomic E-state index is 11.6. The van der Waals surface area contributed by atoms with Gasteiger partial charge in [-0.05, 0) is 30.9 Å². The minimum atomic E-state index is -0.349. The minimum Gasteiger partial charge on any atom is -0.368 e. The molecule has 1 unspecified atom stereocenters. The number of amides is 1. The molecule has 3 rings (SSSR count). The van der Waals surface area contributed by atoms with Gasteiger partial charge in [0.1, 0.15) is 11.9 Å². The molecule has 19 heavy (non-hydrogen) atoms. The van der Waals surface area contributed by atoms with Gasteiger partial charge in [0.2, 0.25) is 11.2 Å². The zero-order valence-electron chi connectivity index (χ0n) is 10.1. The third-order valence-electron chi connectivity index (χ3n) is 3.37. The Hall–Kier alpha value is -1.89. The molecule has 8 heteroatoms. The molecule has 1 aliphatic heterocycles. The highest BCUT2D eigenvalue weighted by molar-refractivity contribution is 6.28. The Morgan fingerprint density at radius 2 is 2.32 bits per heavy atom. The van der Waals surface area contributed by atoms with Crippen LogP contribution in [0.3, 0.4) is 0 Å². The Morgan fingerprint density at radius 3 is 3.11 bits per heavy atom. The van der Waals surface area contributed by atoms with E-state index in [1.165, 1.54) is 0 Å². The molecule has 1 amide bonds. The predicted octanol–water partition coefficient (Wildman–Crippen LogP) is 0.850. The normalized spacial score (nSPS) is 19.8. The average Bonchev–Trinajstić information content (AvgIpc) is 2.85. The number of piperidine rings is 1. The van der Waals surface area contributed by atoms with Crippen molar-refractivity contribution in [2.75, 3.05) is 11.4 Å². The molecule has 0 radical (unpaired) electrons. The lowest BCUT2D eigenvalue weighted by atomic mass is 10.0. The van der Waals surface area contributed by atoms with Crippen LogP contribution < -0.4 is 10.6 Å². The highest BCUT2D eigenvalue weighted by Crippen LogP contribution is 2.29. The molecule has 2 aromatic rings. The summed E-state index contributed by atoms with van der Waals surface area (Å²) in [6.45, 7) is 0.723. The summed E-state index contributed by atoms with van der Waals surface area (Å²) >= 11 is 5.91. The van der Waals surface area contributed by atoms with E-state index in [4.69, 9.17) is 17.3 Å². The third-order valence-corrected chi connectivity index (χ3v) is 3.53. The third kappa shape index (κ3) is 2.10. The van der Waals surface area contributed by atoms with Crippen molar-refractivity contribution in [2.45, 2.75) is 25.3 Å². The summed E-state index contributed by atoms with van der Waals surface area (Å²) < 4.78 is 0. The van der Waals surface area contributed by atoms with Gasteiger partial charge in [0.05, 0.1) is 11.6 Å². The lowest BCUT2D eigenvalue weighted by Crippen LogP contribution is -2.48. The van der Waals surface area contributed by atoms with Crippen LogP contribution in [0.2, 0.25) is 5.28 Å². The Morgan fingerprint density at radius 1 is 1.47 bits per heavy atom. The van der Waals surface area contributed by atoms with Crippen LogP contribution in [0.15, 0.2) is 6.20 Å². The van der Waals surface area contributed by atoms with Gasteiger partial charge in [-0.2, -0.15) is 15.1 Å². The number of fused-ring (bicyclic) bond motifs is 1. The first-order valence-electron chi connectivity index (χ1n) is 6.09. The number of H-pyrrole nitrogens is 1. The van der Waals surface area contributed by atoms with Gasteiger partial charge in [-0.3, -0.25) is 9.89 Å². The highest BCUT2D eigenvalue weighted by Gasteiger charge is 2.29. The van der Waals surface area contributed by atoms with E-state index in [1.807, 2.05) is 4.90 Å². The van der Waals surface area contributed by atoms with Crippen molar-refractivity contribution in [3.05, 3.63) is 11.5 Å². The number of anilines is 1. The van der Waals surface area contributed by atoms with Gasteiger partial charge in [0, 0.05) is 6.54 Å². The lowest BCUT2D eigenvalue weighted by Gasteiger charge is -2.34. The van der Waals surface area contributed by atoms with Crippen LogP contribution in [0, 0.1) is 0 Å². The number of carbonyl (C=O) groups excluding carboxylic acids is 1. The van der Waals surface area contributed by atoms with Gasteiger partial charge in [-0.1, -0.05) is 0 Å². The second-order valence-corrected chi connectivity index (χ2v) is 4.89. The van der Waals surface area contributed by atoms with Crippen LogP contribution in [0.5, 0.6) is 0 Å². The highest BCUT2D eigenvalue weighted by atomic mass is 35.5. The molecule has 3 heterocycles. The van der Waals surface area contributed by atoms with E-state index in [0.717, 1.165) is 31.2 Å². The zero-order valence-corrected chi connectivity index (χ0v) is 10.9. The number of primary amides is 1. The van der Waals surface area contributed by atoms with E-state index in [2.05, 4.69) is 20.2 Å². The number of hydrogen-bond acceptors (Lipinski definition) is 5. The summed E-state index contributed by atoms with van der Waals surface area (Å²) in [6.07, 6.45) is 4.34. The quantitative estimate of drug-likeness (QED) is 0.794. The molecule has 1 atom stereocenters. The van der Waals surface area contributed by atoms with E-state index in [9.17, 15) is 4.79 Å². The standard InChI is InChI=1S/C11H13ClN6O/c12-11-15-9-6(5-14-17-9)10(16-11)18-4-2-1-3-7(18)8(13)19/h5,7H,1-4H2,(H2,13,19)(H,14,15,16,17). The molecule has 100 valence electrons. The van der Waals surface area contributed by atoms with Crippen molar-refractivity contribution in [1.29, 1.82) is 0 Å².